The number of aromatic nitrogens is 1. The first-order chi connectivity index (χ1) is 15.7. The third-order valence-corrected chi connectivity index (χ3v) is 6.93. The van der Waals surface area contributed by atoms with Gasteiger partial charge in [0.1, 0.15) is 5.75 Å². The maximum Gasteiger partial charge on any atom is 0.254 e. The molecule has 0 saturated carbocycles. The molecule has 1 aromatic heterocycles. The van der Waals surface area contributed by atoms with E-state index in [0.717, 1.165) is 49.6 Å². The summed E-state index contributed by atoms with van der Waals surface area (Å²) < 4.78 is 5.49. The van der Waals surface area contributed by atoms with Gasteiger partial charge in [0.2, 0.25) is 0 Å². The van der Waals surface area contributed by atoms with Crippen LogP contribution in [-0.4, -0.2) is 53.5 Å². The van der Waals surface area contributed by atoms with Crippen LogP contribution in [0.15, 0.2) is 79.0 Å². The van der Waals surface area contributed by atoms with Crippen molar-refractivity contribution in [3.63, 3.8) is 0 Å². The fraction of sp³-hybridized carbons (Fsp3) is 0.333. The summed E-state index contributed by atoms with van der Waals surface area (Å²) in [6, 6.07) is 24.4. The van der Waals surface area contributed by atoms with Gasteiger partial charge in [-0.2, -0.15) is 0 Å². The fourth-order valence-electron chi connectivity index (χ4n) is 5.37. The van der Waals surface area contributed by atoms with Gasteiger partial charge in [-0.3, -0.25) is 14.7 Å². The molecule has 32 heavy (non-hydrogen) atoms. The van der Waals surface area contributed by atoms with E-state index < -0.39 is 0 Å². The van der Waals surface area contributed by atoms with Crippen LogP contribution < -0.4 is 4.74 Å². The highest BCUT2D eigenvalue weighted by Gasteiger charge is 2.47. The monoisotopic (exact) mass is 427 g/mol. The zero-order valence-corrected chi connectivity index (χ0v) is 18.4. The Morgan fingerprint density at radius 2 is 1.88 bits per heavy atom. The number of hydrogen-bond donors (Lipinski definition) is 0. The van der Waals surface area contributed by atoms with E-state index in [-0.39, 0.29) is 17.9 Å². The van der Waals surface area contributed by atoms with E-state index in [1.165, 1.54) is 5.56 Å². The number of amides is 1. The Hall–Kier alpha value is -3.18. The molecule has 5 heteroatoms. The summed E-state index contributed by atoms with van der Waals surface area (Å²) in [7, 11) is 1.71. The first-order valence-electron chi connectivity index (χ1n) is 11.3. The van der Waals surface area contributed by atoms with Crippen LogP contribution in [0.2, 0.25) is 0 Å². The van der Waals surface area contributed by atoms with E-state index in [2.05, 4.69) is 39.0 Å². The Morgan fingerprint density at radius 1 is 1.03 bits per heavy atom. The van der Waals surface area contributed by atoms with Gasteiger partial charge in [-0.1, -0.05) is 36.4 Å². The maximum absolute atomic E-state index is 13.5. The maximum atomic E-state index is 13.5. The molecule has 0 aliphatic carbocycles. The number of fused-ring (bicyclic) bond motifs is 1. The molecule has 164 valence electrons. The molecule has 0 N–H and O–H groups in total. The van der Waals surface area contributed by atoms with Gasteiger partial charge in [0.15, 0.2) is 0 Å². The molecule has 3 atom stereocenters. The molecule has 0 unspecified atom stereocenters. The number of nitrogens with zero attached hydrogens (tertiary/aromatic N) is 3. The summed E-state index contributed by atoms with van der Waals surface area (Å²) in [5.74, 6) is 1.68. The number of carbonyl (C=O) groups excluding carboxylic acids is 1. The van der Waals surface area contributed by atoms with Crippen LogP contribution >= 0.6 is 0 Å². The molecule has 5 rings (SSSR count). The Bertz CT molecular complexity index is 1060. The summed E-state index contributed by atoms with van der Waals surface area (Å²) in [6.45, 7) is 3.53. The molecule has 2 fully saturated rings. The highest BCUT2D eigenvalue weighted by molar-refractivity contribution is 5.94. The van der Waals surface area contributed by atoms with Crippen LogP contribution in [0, 0.1) is 5.92 Å². The summed E-state index contributed by atoms with van der Waals surface area (Å²) in [4.78, 5) is 22.6. The molecule has 2 saturated heterocycles. The normalized spacial score (nSPS) is 23.0. The van der Waals surface area contributed by atoms with Crippen molar-refractivity contribution in [2.75, 3.05) is 26.7 Å². The number of methoxy groups -OCH3 is 1. The molecule has 0 radical (unpaired) electrons. The van der Waals surface area contributed by atoms with Crippen LogP contribution in [0.5, 0.6) is 5.75 Å². The van der Waals surface area contributed by atoms with Crippen molar-refractivity contribution in [2.24, 2.45) is 5.92 Å². The SMILES string of the molecule is COc1cccc([C@H]2CN(C(=O)c3ccccc3)[C@@H]3CCN(Cc4ccccn4)C[C@H]23)c1. The number of likely N-dealkylation sites (tertiary alicyclic amines) is 2. The predicted molar refractivity (Wildman–Crippen MR) is 125 cm³/mol. The number of ether oxygens (including phenoxy) is 1. The highest BCUT2D eigenvalue weighted by atomic mass is 16.5. The van der Waals surface area contributed by atoms with Crippen molar-refractivity contribution in [2.45, 2.75) is 24.9 Å². The Morgan fingerprint density at radius 3 is 2.66 bits per heavy atom. The van der Waals surface area contributed by atoms with Crippen molar-refractivity contribution in [1.82, 2.24) is 14.8 Å². The lowest BCUT2D eigenvalue weighted by Crippen LogP contribution is -2.47. The molecule has 2 aliphatic heterocycles. The number of benzene rings is 2. The average molecular weight is 428 g/mol. The van der Waals surface area contributed by atoms with Crippen molar-refractivity contribution in [3.05, 3.63) is 95.8 Å². The summed E-state index contributed by atoms with van der Waals surface area (Å²) in [5.41, 5.74) is 3.12. The van der Waals surface area contributed by atoms with E-state index in [4.69, 9.17) is 4.74 Å². The zero-order chi connectivity index (χ0) is 21.9. The Balaban J connectivity index is 1.43. The van der Waals surface area contributed by atoms with Crippen molar-refractivity contribution >= 4 is 5.91 Å². The molecule has 5 nitrogen and oxygen atoms in total. The first-order valence-corrected chi connectivity index (χ1v) is 11.3. The smallest absolute Gasteiger partial charge is 0.254 e. The van der Waals surface area contributed by atoms with E-state index in [0.29, 0.717) is 5.92 Å². The van der Waals surface area contributed by atoms with E-state index in [1.54, 1.807) is 7.11 Å². The summed E-state index contributed by atoms with van der Waals surface area (Å²) in [5, 5.41) is 0. The van der Waals surface area contributed by atoms with Gasteiger partial charge in [0.05, 0.1) is 12.8 Å². The molecular formula is C27H29N3O2. The lowest BCUT2D eigenvalue weighted by molar-refractivity contribution is 0.0612. The van der Waals surface area contributed by atoms with Gasteiger partial charge >= 0.3 is 0 Å². The second kappa shape index (κ2) is 9.13. The number of pyridine rings is 1. The van der Waals surface area contributed by atoms with Crippen molar-refractivity contribution < 1.29 is 9.53 Å². The zero-order valence-electron chi connectivity index (χ0n) is 18.4. The minimum atomic E-state index is 0.143. The molecule has 2 aromatic carbocycles. The average Bonchev–Trinajstić information content (AvgIpc) is 3.23. The van der Waals surface area contributed by atoms with Crippen molar-refractivity contribution in [1.29, 1.82) is 0 Å². The lowest BCUT2D eigenvalue weighted by Gasteiger charge is -2.39. The van der Waals surface area contributed by atoms with Crippen LogP contribution in [-0.2, 0) is 6.54 Å². The number of hydrogen-bond acceptors (Lipinski definition) is 4. The molecule has 3 heterocycles. The first kappa shape index (κ1) is 20.7. The van der Waals surface area contributed by atoms with E-state index in [1.807, 2.05) is 54.7 Å². The third-order valence-electron chi connectivity index (χ3n) is 6.93. The second-order valence-electron chi connectivity index (χ2n) is 8.78. The fourth-order valence-corrected chi connectivity index (χ4v) is 5.37. The van der Waals surface area contributed by atoms with E-state index >= 15 is 0 Å². The number of carbonyl (C=O) groups is 1. The van der Waals surface area contributed by atoms with Crippen molar-refractivity contribution in [3.8, 4) is 5.75 Å². The van der Waals surface area contributed by atoms with Gasteiger partial charge in [-0.05, 0) is 48.4 Å². The molecular weight excluding hydrogens is 398 g/mol. The van der Waals surface area contributed by atoms with Crippen LogP contribution in [0.3, 0.4) is 0 Å². The van der Waals surface area contributed by atoms with Gasteiger partial charge in [0.25, 0.3) is 5.91 Å². The largest absolute Gasteiger partial charge is 0.497 e. The van der Waals surface area contributed by atoms with Gasteiger partial charge < -0.3 is 9.64 Å². The highest BCUT2D eigenvalue weighted by Crippen LogP contribution is 2.43. The number of piperidine rings is 1. The minimum Gasteiger partial charge on any atom is -0.497 e. The van der Waals surface area contributed by atoms with Gasteiger partial charge in [-0.25, -0.2) is 0 Å². The lowest BCUT2D eigenvalue weighted by atomic mass is 9.81. The second-order valence-corrected chi connectivity index (χ2v) is 8.78. The third kappa shape index (κ3) is 4.13. The molecule has 1 amide bonds. The molecule has 2 aliphatic rings. The van der Waals surface area contributed by atoms with Gasteiger partial charge in [0, 0.05) is 55.8 Å². The van der Waals surface area contributed by atoms with E-state index in [9.17, 15) is 4.79 Å². The van der Waals surface area contributed by atoms with Crippen LogP contribution in [0.25, 0.3) is 0 Å². The predicted octanol–water partition coefficient (Wildman–Crippen LogP) is 4.22. The standard InChI is InChI=1S/C27H29N3O2/c1-32-23-12-7-10-21(16-23)24-19-30(27(31)20-8-3-2-4-9-20)26-13-15-29(18-25(24)26)17-22-11-5-6-14-28-22/h2-12,14,16,24-26H,13,15,17-19H2,1H3/t24-,25-,26-/m1/s1. The molecule has 0 spiro atoms. The van der Waals surface area contributed by atoms with Crippen LogP contribution in [0.4, 0.5) is 0 Å². The Kier molecular flexibility index (Phi) is 5.91. The van der Waals surface area contributed by atoms with Crippen LogP contribution in [0.1, 0.15) is 34.0 Å². The van der Waals surface area contributed by atoms with Gasteiger partial charge in [-0.15, -0.1) is 0 Å². The topological polar surface area (TPSA) is 45.7 Å². The number of rotatable bonds is 5. The molecule has 0 bridgehead atoms. The Labute approximate surface area is 189 Å². The minimum absolute atomic E-state index is 0.143. The summed E-state index contributed by atoms with van der Waals surface area (Å²) in [6.07, 6.45) is 2.84. The molecule has 3 aromatic rings. The summed E-state index contributed by atoms with van der Waals surface area (Å²) >= 11 is 0. The quantitative estimate of drug-likeness (QED) is 0.612.